The number of hydrogen-bond acceptors (Lipinski definition) is 7. The van der Waals surface area contributed by atoms with Gasteiger partial charge in [-0.3, -0.25) is 4.72 Å². The third kappa shape index (κ3) is 6.34. The second-order valence-electron chi connectivity index (χ2n) is 9.74. The van der Waals surface area contributed by atoms with Crippen molar-refractivity contribution in [3.8, 4) is 21.8 Å². The number of nitrogens with one attached hydrogen (secondary N) is 2. The average molecular weight is 587 g/mol. The van der Waals surface area contributed by atoms with E-state index in [1.807, 2.05) is 13.8 Å². The number of rotatable bonds is 10. The molecule has 0 saturated carbocycles. The summed E-state index contributed by atoms with van der Waals surface area (Å²) in [5, 5.41) is 4.16. The van der Waals surface area contributed by atoms with Gasteiger partial charge in [-0.1, -0.05) is 19.9 Å². The first-order valence-electron chi connectivity index (χ1n) is 13.0. The molecular weight excluding hydrogens is 557 g/mol. The minimum absolute atomic E-state index is 0.131. The van der Waals surface area contributed by atoms with Gasteiger partial charge in [0, 0.05) is 30.8 Å². The molecule has 2 aromatic carbocycles. The summed E-state index contributed by atoms with van der Waals surface area (Å²) >= 11 is 1.48. The van der Waals surface area contributed by atoms with Gasteiger partial charge in [-0.05, 0) is 62.3 Å². The molecule has 7 nitrogen and oxygen atoms in total. The van der Waals surface area contributed by atoms with Gasteiger partial charge in [-0.2, -0.15) is 0 Å². The molecule has 40 heavy (non-hydrogen) atoms. The van der Waals surface area contributed by atoms with E-state index in [1.165, 1.54) is 42.4 Å². The molecule has 4 aromatic rings. The van der Waals surface area contributed by atoms with Gasteiger partial charge in [0.1, 0.15) is 22.3 Å². The van der Waals surface area contributed by atoms with E-state index in [9.17, 15) is 17.4 Å². The van der Waals surface area contributed by atoms with Crippen molar-refractivity contribution >= 4 is 34.0 Å². The van der Waals surface area contributed by atoms with E-state index in [2.05, 4.69) is 19.9 Å². The Kier molecular flexibility index (Phi) is 8.77. The Morgan fingerprint density at radius 2 is 1.77 bits per heavy atom. The first-order valence-corrected chi connectivity index (χ1v) is 15.0. The fourth-order valence-corrected chi connectivity index (χ4v) is 6.43. The topological polar surface area (TPSA) is 83.0 Å². The number of hydrogen-bond donors (Lipinski definition) is 2. The van der Waals surface area contributed by atoms with Crippen LogP contribution in [0.15, 0.2) is 53.6 Å². The highest BCUT2D eigenvalue weighted by Gasteiger charge is 2.21. The van der Waals surface area contributed by atoms with Crippen LogP contribution >= 0.6 is 11.3 Å². The first-order chi connectivity index (χ1) is 19.3. The van der Waals surface area contributed by atoms with Crippen molar-refractivity contribution in [1.29, 1.82) is 0 Å². The van der Waals surface area contributed by atoms with E-state index in [0.29, 0.717) is 22.9 Å². The molecule has 1 unspecified atom stereocenters. The summed E-state index contributed by atoms with van der Waals surface area (Å²) < 4.78 is 58.3. The summed E-state index contributed by atoms with van der Waals surface area (Å²) in [5.41, 5.74) is 1.60. The Balaban J connectivity index is 1.44. The lowest BCUT2D eigenvalue weighted by Crippen LogP contribution is -2.26. The van der Waals surface area contributed by atoms with E-state index in [4.69, 9.17) is 9.97 Å². The lowest BCUT2D eigenvalue weighted by Gasteiger charge is -2.14. The maximum Gasteiger partial charge on any atom is 0.223 e. The van der Waals surface area contributed by atoms with Crippen LogP contribution in [-0.4, -0.2) is 50.2 Å². The smallest absolute Gasteiger partial charge is 0.223 e. The Bertz CT molecular complexity index is 1500. The molecular formula is C28H29F3N6OS2. The van der Waals surface area contributed by atoms with Gasteiger partial charge in [0.15, 0.2) is 11.0 Å². The predicted octanol–water partition coefficient (Wildman–Crippen LogP) is 6.45. The zero-order chi connectivity index (χ0) is 28.2. The van der Waals surface area contributed by atoms with E-state index < -0.39 is 33.3 Å². The molecule has 1 aliphatic rings. The van der Waals surface area contributed by atoms with Crippen molar-refractivity contribution in [3.63, 3.8) is 0 Å². The van der Waals surface area contributed by atoms with Gasteiger partial charge in [-0.25, -0.2) is 32.3 Å². The van der Waals surface area contributed by atoms with Gasteiger partial charge in [0.25, 0.3) is 0 Å². The van der Waals surface area contributed by atoms with Crippen molar-refractivity contribution in [2.45, 2.75) is 37.5 Å². The summed E-state index contributed by atoms with van der Waals surface area (Å²) in [6.45, 7) is 7.93. The second-order valence-corrected chi connectivity index (χ2v) is 11.9. The largest absolute Gasteiger partial charge is 0.353 e. The summed E-state index contributed by atoms with van der Waals surface area (Å²) in [4.78, 5) is 16.4. The maximum atomic E-state index is 14.8. The quantitative estimate of drug-likeness (QED) is 0.222. The zero-order valence-corrected chi connectivity index (χ0v) is 23.7. The van der Waals surface area contributed by atoms with Crippen molar-refractivity contribution < 1.29 is 17.4 Å². The van der Waals surface area contributed by atoms with Crippen LogP contribution in [0.4, 0.5) is 24.8 Å². The maximum absolute atomic E-state index is 14.8. The summed E-state index contributed by atoms with van der Waals surface area (Å²) in [6, 6.07) is 9.16. The molecule has 0 radical (unpaired) electrons. The highest BCUT2D eigenvalue weighted by molar-refractivity contribution is 7.86. The molecule has 1 atom stereocenters. The molecule has 5 rings (SSSR count). The fourth-order valence-electron chi connectivity index (χ4n) is 4.42. The molecule has 0 amide bonds. The van der Waals surface area contributed by atoms with Crippen LogP contribution < -0.4 is 10.0 Å². The number of likely N-dealkylation sites (tertiary alicyclic amines) is 1. The monoisotopic (exact) mass is 586 g/mol. The summed E-state index contributed by atoms with van der Waals surface area (Å²) in [7, 11) is -2.37. The van der Waals surface area contributed by atoms with Crippen molar-refractivity contribution in [2.24, 2.45) is 0 Å². The first kappa shape index (κ1) is 28.2. The normalized spacial score (nSPS) is 14.6. The third-order valence-corrected chi connectivity index (χ3v) is 9.03. The average Bonchev–Trinajstić information content (AvgIpc) is 3.61. The van der Waals surface area contributed by atoms with E-state index in [-0.39, 0.29) is 11.6 Å². The molecule has 3 heterocycles. The Morgan fingerprint density at radius 3 is 2.50 bits per heavy atom. The SMILES string of the molecule is CC(C)c1nc(-c2ccc(F)c(NS(=O)c3c(F)cccc3F)c2)c(-c2ccnc(NCCN3CCCC3)n2)s1. The van der Waals surface area contributed by atoms with Crippen LogP contribution in [-0.2, 0) is 11.0 Å². The van der Waals surface area contributed by atoms with Crippen molar-refractivity contribution in [3.05, 3.63) is 71.1 Å². The van der Waals surface area contributed by atoms with Crippen LogP contribution in [0.25, 0.3) is 21.8 Å². The molecule has 210 valence electrons. The zero-order valence-electron chi connectivity index (χ0n) is 22.1. The molecule has 1 aliphatic heterocycles. The standard InChI is InChI=1S/C28H29F3N6OS2/c1-17(2)27-35-24(25(39-27)22-10-11-32-28(34-22)33-12-15-37-13-3-4-14-37)18-8-9-19(29)23(16-18)36-40(38)26-20(30)6-5-7-21(26)31/h5-11,16-17,36H,3-4,12-15H2,1-2H3,(H,32,33,34). The van der Waals surface area contributed by atoms with Gasteiger partial charge in [0.2, 0.25) is 5.95 Å². The molecule has 1 fully saturated rings. The van der Waals surface area contributed by atoms with Gasteiger partial charge in [0.05, 0.1) is 27.0 Å². The molecule has 0 bridgehead atoms. The molecule has 0 aliphatic carbocycles. The van der Waals surface area contributed by atoms with E-state index in [1.54, 1.807) is 18.3 Å². The molecule has 2 aromatic heterocycles. The predicted molar refractivity (Wildman–Crippen MR) is 153 cm³/mol. The van der Waals surface area contributed by atoms with E-state index in [0.717, 1.165) is 48.2 Å². The lowest BCUT2D eigenvalue weighted by atomic mass is 10.1. The highest BCUT2D eigenvalue weighted by Crippen LogP contribution is 2.39. The molecule has 0 spiro atoms. The van der Waals surface area contributed by atoms with Crippen LogP contribution in [0, 0.1) is 17.5 Å². The number of halogens is 3. The van der Waals surface area contributed by atoms with Crippen molar-refractivity contribution in [1.82, 2.24) is 19.9 Å². The number of anilines is 2. The minimum Gasteiger partial charge on any atom is -0.353 e. The third-order valence-electron chi connectivity index (χ3n) is 6.48. The van der Waals surface area contributed by atoms with Crippen molar-refractivity contribution in [2.75, 3.05) is 36.2 Å². The number of aromatic nitrogens is 3. The minimum atomic E-state index is -2.37. The molecule has 12 heteroatoms. The summed E-state index contributed by atoms with van der Waals surface area (Å²) in [5.74, 6) is -2.06. The Hall–Kier alpha value is -3.35. The number of thiazole rings is 1. The number of benzene rings is 2. The van der Waals surface area contributed by atoms with Crippen LogP contribution in [0.3, 0.4) is 0 Å². The van der Waals surface area contributed by atoms with Gasteiger partial charge >= 0.3 is 0 Å². The molecule has 1 saturated heterocycles. The number of nitrogens with zero attached hydrogens (tertiary/aromatic N) is 4. The lowest BCUT2D eigenvalue weighted by molar-refractivity contribution is 0.352. The van der Waals surface area contributed by atoms with Crippen LogP contribution in [0.2, 0.25) is 0 Å². The van der Waals surface area contributed by atoms with Gasteiger partial charge < -0.3 is 10.2 Å². The summed E-state index contributed by atoms with van der Waals surface area (Å²) in [6.07, 6.45) is 4.15. The second kappa shape index (κ2) is 12.4. The molecule has 2 N–H and O–H groups in total. The van der Waals surface area contributed by atoms with E-state index >= 15 is 0 Å². The van der Waals surface area contributed by atoms with Gasteiger partial charge in [-0.15, -0.1) is 11.3 Å². The highest BCUT2D eigenvalue weighted by atomic mass is 32.2. The Labute approximate surface area is 237 Å². The fraction of sp³-hybridized carbons (Fsp3) is 0.321. The Morgan fingerprint density at radius 1 is 1.02 bits per heavy atom. The van der Waals surface area contributed by atoms with Crippen LogP contribution in [0.1, 0.15) is 37.6 Å². The van der Waals surface area contributed by atoms with Crippen LogP contribution in [0.5, 0.6) is 0 Å².